The average Bonchev–Trinajstić information content (AvgIpc) is 2.70. The molecule has 1 aromatic carbocycles. The third kappa shape index (κ3) is 5.63. The lowest BCUT2D eigenvalue weighted by Gasteiger charge is -2.14. The van der Waals surface area contributed by atoms with E-state index in [1.54, 1.807) is 25.1 Å². The number of aryl methyl sites for hydroxylation is 1. The second kappa shape index (κ2) is 9.80. The molecule has 0 fully saturated rings. The van der Waals surface area contributed by atoms with Gasteiger partial charge in [-0.05, 0) is 35.8 Å². The van der Waals surface area contributed by atoms with Crippen molar-refractivity contribution in [3.8, 4) is 0 Å². The smallest absolute Gasteiger partial charge is 0.272 e. The standard InChI is InChI=1S/C19H24N6O5S/c1-3-13-4-6-14(7-5-13)31(28,29)17-15(20)10-12(2)25(18(17)27)11-16(26)23-8-9-30-24-19(21)22/h3-7,10H,1,8-9,11,20H2,2H3,(H,23,26)(H4,21,22,24). The summed E-state index contributed by atoms with van der Waals surface area (Å²) in [7, 11) is -4.22. The minimum absolute atomic E-state index is 0.000405. The molecule has 2 aromatic rings. The Morgan fingerprint density at radius 3 is 2.52 bits per heavy atom. The lowest BCUT2D eigenvalue weighted by atomic mass is 10.2. The maximum absolute atomic E-state index is 13.1. The molecule has 12 heteroatoms. The Bertz CT molecular complexity index is 1170. The molecule has 0 aliphatic heterocycles. The number of hydrogen-bond acceptors (Lipinski definition) is 7. The highest BCUT2D eigenvalue weighted by atomic mass is 32.2. The number of aromatic nitrogens is 1. The van der Waals surface area contributed by atoms with Gasteiger partial charge in [0.2, 0.25) is 21.7 Å². The maximum Gasteiger partial charge on any atom is 0.272 e. The van der Waals surface area contributed by atoms with Crippen LogP contribution in [-0.4, -0.2) is 38.0 Å². The minimum Gasteiger partial charge on any atom is -0.397 e. The number of nitrogens with zero attached hydrogens (tertiary/aromatic N) is 2. The number of nitrogens with two attached hydrogens (primary N) is 3. The van der Waals surface area contributed by atoms with Gasteiger partial charge in [-0.2, -0.15) is 0 Å². The van der Waals surface area contributed by atoms with E-state index >= 15 is 0 Å². The Kier molecular flexibility index (Phi) is 7.42. The van der Waals surface area contributed by atoms with Crippen molar-refractivity contribution in [1.82, 2.24) is 9.88 Å². The molecular formula is C19H24N6O5S. The van der Waals surface area contributed by atoms with Crippen molar-refractivity contribution >= 4 is 33.5 Å². The third-order valence-electron chi connectivity index (χ3n) is 4.17. The molecule has 11 nitrogen and oxygen atoms in total. The molecule has 0 spiro atoms. The molecule has 0 unspecified atom stereocenters. The largest absolute Gasteiger partial charge is 0.397 e. The van der Waals surface area contributed by atoms with Crippen LogP contribution in [0.15, 0.2) is 56.7 Å². The lowest BCUT2D eigenvalue weighted by molar-refractivity contribution is -0.122. The predicted molar refractivity (Wildman–Crippen MR) is 117 cm³/mol. The van der Waals surface area contributed by atoms with Gasteiger partial charge in [-0.3, -0.25) is 9.59 Å². The highest BCUT2D eigenvalue weighted by Gasteiger charge is 2.27. The molecule has 31 heavy (non-hydrogen) atoms. The summed E-state index contributed by atoms with van der Waals surface area (Å²) in [6.07, 6.45) is 1.56. The molecular weight excluding hydrogens is 424 g/mol. The number of pyridine rings is 1. The number of amides is 1. The fourth-order valence-corrected chi connectivity index (χ4v) is 4.14. The first-order chi connectivity index (χ1) is 14.6. The summed E-state index contributed by atoms with van der Waals surface area (Å²) >= 11 is 0. The number of carbonyl (C=O) groups is 1. The molecule has 0 saturated carbocycles. The zero-order valence-corrected chi connectivity index (χ0v) is 17.7. The highest BCUT2D eigenvalue weighted by molar-refractivity contribution is 7.91. The molecule has 7 N–H and O–H groups in total. The average molecular weight is 449 g/mol. The molecule has 0 atom stereocenters. The van der Waals surface area contributed by atoms with Crippen molar-refractivity contribution in [2.75, 3.05) is 18.9 Å². The van der Waals surface area contributed by atoms with Crippen LogP contribution in [0.1, 0.15) is 11.3 Å². The van der Waals surface area contributed by atoms with Gasteiger partial charge < -0.3 is 31.9 Å². The number of nitrogen functional groups attached to an aromatic ring is 1. The van der Waals surface area contributed by atoms with Crippen molar-refractivity contribution in [3.05, 3.63) is 58.5 Å². The van der Waals surface area contributed by atoms with Crippen LogP contribution in [0.3, 0.4) is 0 Å². The van der Waals surface area contributed by atoms with Crippen LogP contribution in [0.25, 0.3) is 6.08 Å². The number of nitrogens with one attached hydrogen (secondary N) is 1. The number of carbonyl (C=O) groups excluding carboxylic acids is 1. The van der Waals surface area contributed by atoms with Gasteiger partial charge in [0, 0.05) is 5.69 Å². The summed E-state index contributed by atoms with van der Waals surface area (Å²) in [5.74, 6) is -0.801. The summed E-state index contributed by atoms with van der Waals surface area (Å²) in [5, 5.41) is 5.81. The quantitative estimate of drug-likeness (QED) is 0.172. The summed E-state index contributed by atoms with van der Waals surface area (Å²) in [4.78, 5) is 29.2. The van der Waals surface area contributed by atoms with Gasteiger partial charge in [-0.25, -0.2) is 8.42 Å². The van der Waals surface area contributed by atoms with Crippen LogP contribution >= 0.6 is 0 Å². The molecule has 0 saturated heterocycles. The molecule has 0 aliphatic carbocycles. The molecule has 1 aromatic heterocycles. The first kappa shape index (κ1) is 23.5. The van der Waals surface area contributed by atoms with E-state index in [1.807, 2.05) is 0 Å². The van der Waals surface area contributed by atoms with Crippen LogP contribution in [0.4, 0.5) is 5.69 Å². The van der Waals surface area contributed by atoms with Crippen molar-refractivity contribution in [1.29, 1.82) is 0 Å². The van der Waals surface area contributed by atoms with Crippen LogP contribution < -0.4 is 28.1 Å². The Morgan fingerprint density at radius 2 is 1.94 bits per heavy atom. The van der Waals surface area contributed by atoms with E-state index in [9.17, 15) is 18.0 Å². The summed E-state index contributed by atoms with van der Waals surface area (Å²) < 4.78 is 27.1. The molecule has 1 heterocycles. The second-order valence-electron chi connectivity index (χ2n) is 6.44. The van der Waals surface area contributed by atoms with Crippen molar-refractivity contribution < 1.29 is 18.0 Å². The molecule has 0 bridgehead atoms. The van der Waals surface area contributed by atoms with Crippen molar-refractivity contribution in [2.45, 2.75) is 23.3 Å². The molecule has 166 valence electrons. The van der Waals surface area contributed by atoms with Crippen LogP contribution in [0.5, 0.6) is 0 Å². The van der Waals surface area contributed by atoms with Crippen LogP contribution in [0, 0.1) is 6.92 Å². The number of oxime groups is 1. The Labute approximate surface area is 179 Å². The topological polar surface area (TPSA) is 185 Å². The van der Waals surface area contributed by atoms with Gasteiger partial charge >= 0.3 is 0 Å². The monoisotopic (exact) mass is 448 g/mol. The number of guanidine groups is 1. The van der Waals surface area contributed by atoms with Gasteiger partial charge in [0.05, 0.1) is 17.1 Å². The van der Waals surface area contributed by atoms with Gasteiger partial charge in [0.15, 0.2) is 4.90 Å². The van der Waals surface area contributed by atoms with E-state index < -0.39 is 32.7 Å². The Morgan fingerprint density at radius 1 is 1.29 bits per heavy atom. The minimum atomic E-state index is -4.22. The normalized spacial score (nSPS) is 10.9. The zero-order valence-electron chi connectivity index (χ0n) is 16.9. The zero-order chi connectivity index (χ0) is 23.2. The van der Waals surface area contributed by atoms with Crippen LogP contribution in [-0.2, 0) is 26.0 Å². The van der Waals surface area contributed by atoms with Gasteiger partial charge in [-0.15, -0.1) is 0 Å². The molecule has 0 radical (unpaired) electrons. The van der Waals surface area contributed by atoms with E-state index in [1.165, 1.54) is 18.2 Å². The molecule has 1 amide bonds. The SMILES string of the molecule is C=Cc1ccc(S(=O)(=O)c2c(N)cc(C)n(CC(=O)NCCON=C(N)N)c2=O)cc1. The van der Waals surface area contributed by atoms with Crippen LogP contribution in [0.2, 0.25) is 0 Å². The maximum atomic E-state index is 13.1. The molecule has 0 aliphatic rings. The van der Waals surface area contributed by atoms with E-state index in [4.69, 9.17) is 22.0 Å². The first-order valence-corrected chi connectivity index (χ1v) is 10.5. The predicted octanol–water partition coefficient (Wildman–Crippen LogP) is -0.464. The number of rotatable bonds is 9. The van der Waals surface area contributed by atoms with E-state index in [2.05, 4.69) is 17.1 Å². The highest BCUT2D eigenvalue weighted by Crippen LogP contribution is 2.24. The lowest BCUT2D eigenvalue weighted by Crippen LogP contribution is -2.37. The fraction of sp³-hybridized carbons (Fsp3) is 0.211. The Balaban J connectivity index is 2.30. The summed E-state index contributed by atoms with van der Waals surface area (Å²) in [6, 6.07) is 7.17. The van der Waals surface area contributed by atoms with Crippen molar-refractivity contribution in [3.63, 3.8) is 0 Å². The second-order valence-corrected chi connectivity index (χ2v) is 8.32. The van der Waals surface area contributed by atoms with Gasteiger partial charge in [0.25, 0.3) is 5.56 Å². The fourth-order valence-electron chi connectivity index (χ4n) is 2.70. The Hall–Kier alpha value is -3.80. The van der Waals surface area contributed by atoms with Crippen molar-refractivity contribution in [2.24, 2.45) is 16.6 Å². The number of sulfone groups is 1. The number of hydrogen-bond donors (Lipinski definition) is 4. The number of benzene rings is 1. The third-order valence-corrected chi connectivity index (χ3v) is 6.01. The van der Waals surface area contributed by atoms with E-state index in [0.29, 0.717) is 11.3 Å². The summed E-state index contributed by atoms with van der Waals surface area (Å²) in [5.41, 5.74) is 16.0. The molecule has 2 rings (SSSR count). The van der Waals surface area contributed by atoms with Gasteiger partial charge in [0.1, 0.15) is 13.2 Å². The first-order valence-electron chi connectivity index (χ1n) is 9.03. The number of anilines is 1. The van der Waals surface area contributed by atoms with E-state index in [0.717, 1.165) is 4.57 Å². The van der Waals surface area contributed by atoms with Gasteiger partial charge in [-0.1, -0.05) is 24.8 Å². The van der Waals surface area contributed by atoms with E-state index in [-0.39, 0.29) is 29.7 Å². The summed E-state index contributed by atoms with van der Waals surface area (Å²) in [6.45, 7) is 4.81.